The lowest BCUT2D eigenvalue weighted by molar-refractivity contribution is -0.141. The lowest BCUT2D eigenvalue weighted by Gasteiger charge is -2.20. The predicted molar refractivity (Wildman–Crippen MR) is 75.7 cm³/mol. The van der Waals surface area contributed by atoms with Gasteiger partial charge in [0.25, 0.3) is 5.91 Å². The zero-order valence-electron chi connectivity index (χ0n) is 11.6. The van der Waals surface area contributed by atoms with Crippen molar-refractivity contribution >= 4 is 11.9 Å². The summed E-state index contributed by atoms with van der Waals surface area (Å²) in [6, 6.07) is 6.52. The fourth-order valence-electron chi connectivity index (χ4n) is 2.62. The van der Waals surface area contributed by atoms with E-state index in [-0.39, 0.29) is 17.4 Å². The van der Waals surface area contributed by atoms with Crippen molar-refractivity contribution in [1.29, 1.82) is 0 Å². The topological polar surface area (TPSA) is 86.3 Å². The summed E-state index contributed by atoms with van der Waals surface area (Å²) in [5.74, 6) is -1.73. The highest BCUT2D eigenvalue weighted by molar-refractivity contribution is 5.96. The normalized spacial score (nSPS) is 17.7. The molecule has 1 aliphatic heterocycles. The first-order valence-electron chi connectivity index (χ1n) is 6.91. The lowest BCUT2D eigenvalue weighted by atomic mass is 10.1. The average Bonchev–Trinajstić information content (AvgIpc) is 3.17. The Kier molecular flexibility index (Phi) is 3.62. The van der Waals surface area contributed by atoms with Crippen molar-refractivity contribution in [1.82, 2.24) is 15.1 Å². The molecule has 3 rings (SSSR count). The van der Waals surface area contributed by atoms with Crippen LogP contribution in [0.4, 0.5) is 4.39 Å². The second-order valence-electron chi connectivity index (χ2n) is 5.17. The van der Waals surface area contributed by atoms with Crippen molar-refractivity contribution in [3.63, 3.8) is 0 Å². The van der Waals surface area contributed by atoms with Crippen LogP contribution in [-0.4, -0.2) is 44.7 Å². The number of carboxylic acid groups (broad SMARTS) is 1. The van der Waals surface area contributed by atoms with Gasteiger partial charge >= 0.3 is 5.97 Å². The van der Waals surface area contributed by atoms with Crippen LogP contribution in [-0.2, 0) is 4.79 Å². The quantitative estimate of drug-likeness (QED) is 0.906. The number of rotatable bonds is 3. The van der Waals surface area contributed by atoms with Gasteiger partial charge < -0.3 is 10.0 Å². The van der Waals surface area contributed by atoms with E-state index in [0.29, 0.717) is 30.6 Å². The molecule has 1 amide bonds. The lowest BCUT2D eigenvalue weighted by Crippen LogP contribution is -2.40. The number of carbonyl (C=O) groups is 2. The minimum atomic E-state index is -0.996. The van der Waals surface area contributed by atoms with E-state index in [0.717, 1.165) is 0 Å². The molecule has 1 aromatic heterocycles. The number of hydrogen-bond donors (Lipinski definition) is 2. The maximum atomic E-state index is 12.9. The molecule has 1 aliphatic rings. The summed E-state index contributed by atoms with van der Waals surface area (Å²) in [6.07, 6.45) is 1.13. The highest BCUT2D eigenvalue weighted by Crippen LogP contribution is 2.22. The van der Waals surface area contributed by atoms with E-state index in [1.807, 2.05) is 0 Å². The first-order valence-corrected chi connectivity index (χ1v) is 6.91. The van der Waals surface area contributed by atoms with Crippen LogP contribution in [0.5, 0.6) is 0 Å². The van der Waals surface area contributed by atoms with E-state index in [9.17, 15) is 14.0 Å². The van der Waals surface area contributed by atoms with Crippen LogP contribution < -0.4 is 0 Å². The van der Waals surface area contributed by atoms with Gasteiger partial charge in [-0.25, -0.2) is 9.18 Å². The summed E-state index contributed by atoms with van der Waals surface area (Å²) >= 11 is 0. The number of aliphatic carboxylic acids is 1. The summed E-state index contributed by atoms with van der Waals surface area (Å²) in [7, 11) is 0. The molecule has 2 N–H and O–H groups in total. The number of halogens is 1. The number of nitrogens with one attached hydrogen (secondary N) is 1. The Bertz CT molecular complexity index is 711. The van der Waals surface area contributed by atoms with E-state index in [1.54, 1.807) is 18.2 Å². The highest BCUT2D eigenvalue weighted by atomic mass is 19.1. The molecule has 0 spiro atoms. The summed E-state index contributed by atoms with van der Waals surface area (Å²) in [6.45, 7) is 0.417. The molecular formula is C15H14FN3O3. The van der Waals surface area contributed by atoms with Crippen molar-refractivity contribution in [3.8, 4) is 11.3 Å². The molecule has 1 fully saturated rings. The number of benzene rings is 1. The minimum absolute atomic E-state index is 0.229. The maximum absolute atomic E-state index is 12.9. The summed E-state index contributed by atoms with van der Waals surface area (Å²) < 4.78 is 12.9. The number of H-pyrrole nitrogens is 1. The Morgan fingerprint density at radius 3 is 2.73 bits per heavy atom. The standard InChI is InChI=1S/C15H14FN3O3/c16-10-5-3-9(4-6-10)11-8-12(18-17-11)14(20)19-7-1-2-13(19)15(21)22/h3-6,8,13H,1-2,7H2,(H,17,18)(H,21,22)/t13-/m1/s1. The molecule has 0 bridgehead atoms. The number of likely N-dealkylation sites (tertiary alicyclic amines) is 1. The Hall–Kier alpha value is -2.70. The third kappa shape index (κ3) is 2.57. The minimum Gasteiger partial charge on any atom is -0.480 e. The molecule has 1 atom stereocenters. The maximum Gasteiger partial charge on any atom is 0.326 e. The number of hydrogen-bond acceptors (Lipinski definition) is 3. The van der Waals surface area contributed by atoms with Crippen LogP contribution in [0.3, 0.4) is 0 Å². The number of nitrogens with zero attached hydrogens (tertiary/aromatic N) is 2. The number of aromatic nitrogens is 2. The summed E-state index contributed by atoms with van der Waals surface area (Å²) in [5, 5.41) is 15.8. The summed E-state index contributed by atoms with van der Waals surface area (Å²) in [4.78, 5) is 24.9. The Labute approximate surface area is 125 Å². The van der Waals surface area contributed by atoms with Gasteiger partial charge in [0, 0.05) is 12.1 Å². The third-order valence-corrected chi connectivity index (χ3v) is 3.75. The van der Waals surface area contributed by atoms with Crippen LogP contribution in [0, 0.1) is 5.82 Å². The smallest absolute Gasteiger partial charge is 0.326 e. The molecule has 7 heteroatoms. The first kappa shape index (κ1) is 14.2. The number of aromatic amines is 1. The van der Waals surface area contributed by atoms with E-state index >= 15 is 0 Å². The van der Waals surface area contributed by atoms with Crippen LogP contribution >= 0.6 is 0 Å². The van der Waals surface area contributed by atoms with Crippen LogP contribution in [0.2, 0.25) is 0 Å². The molecule has 22 heavy (non-hydrogen) atoms. The molecule has 1 aromatic carbocycles. The highest BCUT2D eigenvalue weighted by Gasteiger charge is 2.35. The van der Waals surface area contributed by atoms with Gasteiger partial charge in [-0.1, -0.05) is 0 Å². The molecule has 0 radical (unpaired) electrons. The van der Waals surface area contributed by atoms with E-state index in [1.165, 1.54) is 17.0 Å². The van der Waals surface area contributed by atoms with Crippen molar-refractivity contribution in [2.24, 2.45) is 0 Å². The van der Waals surface area contributed by atoms with Gasteiger partial charge in [-0.2, -0.15) is 5.10 Å². The van der Waals surface area contributed by atoms with Crippen LogP contribution in [0.1, 0.15) is 23.3 Å². The molecule has 0 saturated carbocycles. The number of amides is 1. The van der Waals surface area contributed by atoms with Gasteiger partial charge in [0.2, 0.25) is 0 Å². The second kappa shape index (κ2) is 5.59. The molecule has 2 aromatic rings. The molecule has 114 valence electrons. The fraction of sp³-hybridized carbons (Fsp3) is 0.267. The van der Waals surface area contributed by atoms with Crippen molar-refractivity contribution in [2.75, 3.05) is 6.54 Å². The Morgan fingerprint density at radius 1 is 1.32 bits per heavy atom. The zero-order chi connectivity index (χ0) is 15.7. The van der Waals surface area contributed by atoms with E-state index in [2.05, 4.69) is 10.2 Å². The van der Waals surface area contributed by atoms with Gasteiger partial charge in [-0.15, -0.1) is 0 Å². The zero-order valence-corrected chi connectivity index (χ0v) is 11.6. The van der Waals surface area contributed by atoms with Gasteiger partial charge in [-0.05, 0) is 43.2 Å². The van der Waals surface area contributed by atoms with Crippen molar-refractivity contribution < 1.29 is 19.1 Å². The Balaban J connectivity index is 1.82. The number of carbonyl (C=O) groups excluding carboxylic acids is 1. The first-order chi connectivity index (χ1) is 10.6. The van der Waals surface area contributed by atoms with Gasteiger partial charge in [0.15, 0.2) is 0 Å². The molecular weight excluding hydrogens is 289 g/mol. The van der Waals surface area contributed by atoms with E-state index < -0.39 is 12.0 Å². The predicted octanol–water partition coefficient (Wildman–Crippen LogP) is 1.90. The van der Waals surface area contributed by atoms with Crippen LogP contribution in [0.25, 0.3) is 11.3 Å². The van der Waals surface area contributed by atoms with E-state index in [4.69, 9.17) is 5.11 Å². The molecule has 0 unspecified atom stereocenters. The second-order valence-corrected chi connectivity index (χ2v) is 5.17. The van der Waals surface area contributed by atoms with Gasteiger partial charge in [-0.3, -0.25) is 9.89 Å². The average molecular weight is 303 g/mol. The Morgan fingerprint density at radius 2 is 2.05 bits per heavy atom. The number of carboxylic acids is 1. The monoisotopic (exact) mass is 303 g/mol. The van der Waals surface area contributed by atoms with Crippen LogP contribution in [0.15, 0.2) is 30.3 Å². The van der Waals surface area contributed by atoms with Gasteiger partial charge in [0.1, 0.15) is 17.6 Å². The summed E-state index contributed by atoms with van der Waals surface area (Å²) in [5.41, 5.74) is 1.41. The fourth-order valence-corrected chi connectivity index (χ4v) is 2.62. The van der Waals surface area contributed by atoms with Crippen molar-refractivity contribution in [3.05, 3.63) is 41.8 Å². The molecule has 2 heterocycles. The van der Waals surface area contributed by atoms with Crippen molar-refractivity contribution in [2.45, 2.75) is 18.9 Å². The SMILES string of the molecule is O=C(O)[C@H]1CCCN1C(=O)c1cc(-c2ccc(F)cc2)n[nH]1. The largest absolute Gasteiger partial charge is 0.480 e. The molecule has 6 nitrogen and oxygen atoms in total. The van der Waals surface area contributed by atoms with Gasteiger partial charge in [0.05, 0.1) is 5.69 Å². The molecule has 0 aliphatic carbocycles. The third-order valence-electron chi connectivity index (χ3n) is 3.75. The molecule has 1 saturated heterocycles.